The van der Waals surface area contributed by atoms with Crippen molar-refractivity contribution >= 4 is 40.0 Å². The molecule has 0 bridgehead atoms. The zero-order valence-electron chi connectivity index (χ0n) is 15.7. The van der Waals surface area contributed by atoms with Gasteiger partial charge >= 0.3 is 0 Å². The quantitative estimate of drug-likeness (QED) is 0.603. The Morgan fingerprint density at radius 1 is 1.14 bits per heavy atom. The van der Waals surface area contributed by atoms with Crippen LogP contribution in [0.5, 0.6) is 0 Å². The molecule has 1 atom stereocenters. The maximum Gasteiger partial charge on any atom is 0.229 e. The van der Waals surface area contributed by atoms with Crippen molar-refractivity contribution in [3.05, 3.63) is 48.5 Å². The molecule has 0 radical (unpaired) electrons. The number of benzene rings is 2. The number of carbonyl (C=O) groups excluding carboxylic acids is 1. The Hall–Kier alpha value is -3.19. The van der Waals surface area contributed by atoms with Gasteiger partial charge in [0, 0.05) is 36.8 Å². The van der Waals surface area contributed by atoms with E-state index >= 15 is 0 Å². The lowest BCUT2D eigenvalue weighted by molar-refractivity contribution is -0.114. The molecule has 2 heterocycles. The number of nitrogens with one attached hydrogen (secondary N) is 3. The molecule has 1 amide bonds. The van der Waals surface area contributed by atoms with Crippen molar-refractivity contribution in [2.75, 3.05) is 29.1 Å². The standard InChI is InChI=1S/C21H23N5O2/c1-14(27)23-15-6-4-7-16(12-15)24-21-25-19-10-3-2-9-18(19)20(26-21)22-13-17-8-5-11-28-17/h2-4,6-7,9-10,12,17H,5,8,11,13H2,1H3,(H,23,27)(H2,22,24,25,26). The van der Waals surface area contributed by atoms with Gasteiger partial charge in [0.25, 0.3) is 0 Å². The number of carbonyl (C=O) groups is 1. The number of hydrogen-bond acceptors (Lipinski definition) is 6. The van der Waals surface area contributed by atoms with Gasteiger partial charge in [-0.05, 0) is 43.2 Å². The highest BCUT2D eigenvalue weighted by molar-refractivity contribution is 5.91. The zero-order chi connectivity index (χ0) is 19.3. The van der Waals surface area contributed by atoms with Crippen molar-refractivity contribution in [2.45, 2.75) is 25.9 Å². The number of anilines is 4. The second-order valence-electron chi connectivity index (χ2n) is 6.82. The largest absolute Gasteiger partial charge is 0.376 e. The minimum Gasteiger partial charge on any atom is -0.376 e. The highest BCUT2D eigenvalue weighted by Crippen LogP contribution is 2.25. The first kappa shape index (κ1) is 18.2. The Morgan fingerprint density at radius 2 is 2.00 bits per heavy atom. The van der Waals surface area contributed by atoms with Crippen molar-refractivity contribution in [3.8, 4) is 0 Å². The summed E-state index contributed by atoms with van der Waals surface area (Å²) in [5, 5.41) is 10.4. The van der Waals surface area contributed by atoms with Crippen molar-refractivity contribution < 1.29 is 9.53 Å². The smallest absolute Gasteiger partial charge is 0.229 e. The Balaban J connectivity index is 1.59. The molecular weight excluding hydrogens is 354 g/mol. The van der Waals surface area contributed by atoms with Gasteiger partial charge in [0.2, 0.25) is 11.9 Å². The predicted molar refractivity (Wildman–Crippen MR) is 111 cm³/mol. The van der Waals surface area contributed by atoms with E-state index in [4.69, 9.17) is 4.74 Å². The second kappa shape index (κ2) is 8.22. The number of fused-ring (bicyclic) bond motifs is 1. The fraction of sp³-hybridized carbons (Fsp3) is 0.286. The van der Waals surface area contributed by atoms with E-state index in [1.54, 1.807) is 0 Å². The number of ether oxygens (including phenoxy) is 1. The maximum atomic E-state index is 11.3. The van der Waals surface area contributed by atoms with E-state index in [2.05, 4.69) is 25.9 Å². The molecule has 1 aliphatic rings. The summed E-state index contributed by atoms with van der Waals surface area (Å²) in [4.78, 5) is 20.6. The van der Waals surface area contributed by atoms with E-state index in [-0.39, 0.29) is 12.0 Å². The average Bonchev–Trinajstić information content (AvgIpc) is 3.19. The third-order valence-corrected chi connectivity index (χ3v) is 4.56. The molecule has 0 saturated carbocycles. The van der Waals surface area contributed by atoms with Crippen LogP contribution in [0.1, 0.15) is 19.8 Å². The first-order chi connectivity index (χ1) is 13.7. The molecule has 1 saturated heterocycles. The molecule has 7 nitrogen and oxygen atoms in total. The van der Waals surface area contributed by atoms with Gasteiger partial charge in [0.15, 0.2) is 0 Å². The second-order valence-corrected chi connectivity index (χ2v) is 6.82. The van der Waals surface area contributed by atoms with E-state index in [0.29, 0.717) is 5.95 Å². The lowest BCUT2D eigenvalue weighted by Gasteiger charge is -2.15. The number of rotatable bonds is 6. The molecule has 7 heteroatoms. The minimum absolute atomic E-state index is 0.111. The van der Waals surface area contributed by atoms with E-state index in [0.717, 1.165) is 54.1 Å². The molecular formula is C21H23N5O2. The van der Waals surface area contributed by atoms with Crippen LogP contribution in [-0.2, 0) is 9.53 Å². The predicted octanol–water partition coefficient (Wildman–Crippen LogP) is 3.92. The van der Waals surface area contributed by atoms with Gasteiger partial charge in [-0.15, -0.1) is 0 Å². The fourth-order valence-corrected chi connectivity index (χ4v) is 3.29. The van der Waals surface area contributed by atoms with Crippen molar-refractivity contribution in [2.24, 2.45) is 0 Å². The summed E-state index contributed by atoms with van der Waals surface area (Å²) in [7, 11) is 0. The van der Waals surface area contributed by atoms with Crippen LogP contribution in [-0.4, -0.2) is 35.1 Å². The van der Waals surface area contributed by atoms with E-state index in [1.165, 1.54) is 6.92 Å². The molecule has 1 fully saturated rings. The molecule has 144 valence electrons. The van der Waals surface area contributed by atoms with Gasteiger partial charge in [-0.3, -0.25) is 4.79 Å². The number of aromatic nitrogens is 2. The third-order valence-electron chi connectivity index (χ3n) is 4.56. The van der Waals surface area contributed by atoms with Gasteiger partial charge in [0.05, 0.1) is 11.6 Å². The van der Waals surface area contributed by atoms with Gasteiger partial charge in [0.1, 0.15) is 5.82 Å². The topological polar surface area (TPSA) is 88.2 Å². The van der Waals surface area contributed by atoms with Crippen LogP contribution < -0.4 is 16.0 Å². The maximum absolute atomic E-state index is 11.3. The molecule has 1 unspecified atom stereocenters. The highest BCUT2D eigenvalue weighted by atomic mass is 16.5. The Bertz CT molecular complexity index is 985. The minimum atomic E-state index is -0.111. The molecule has 1 aliphatic heterocycles. The van der Waals surface area contributed by atoms with Gasteiger partial charge < -0.3 is 20.7 Å². The first-order valence-corrected chi connectivity index (χ1v) is 9.44. The van der Waals surface area contributed by atoms with Crippen LogP contribution >= 0.6 is 0 Å². The summed E-state index contributed by atoms with van der Waals surface area (Å²) in [6.45, 7) is 3.03. The number of para-hydroxylation sites is 1. The van der Waals surface area contributed by atoms with E-state index < -0.39 is 0 Å². The van der Waals surface area contributed by atoms with Crippen molar-refractivity contribution in [1.82, 2.24) is 9.97 Å². The van der Waals surface area contributed by atoms with Crippen LogP contribution in [0.25, 0.3) is 10.9 Å². The van der Waals surface area contributed by atoms with Crippen LogP contribution in [0.2, 0.25) is 0 Å². The third kappa shape index (κ3) is 4.37. The molecule has 28 heavy (non-hydrogen) atoms. The molecule has 3 aromatic rings. The monoisotopic (exact) mass is 377 g/mol. The summed E-state index contributed by atoms with van der Waals surface area (Å²) in [5.74, 6) is 1.16. The summed E-state index contributed by atoms with van der Waals surface area (Å²) < 4.78 is 5.70. The average molecular weight is 377 g/mol. The summed E-state index contributed by atoms with van der Waals surface area (Å²) in [6, 6.07) is 15.4. The Labute approximate surface area is 163 Å². The normalized spacial score (nSPS) is 16.1. The summed E-state index contributed by atoms with van der Waals surface area (Å²) in [5.41, 5.74) is 2.37. The molecule has 4 rings (SSSR count). The number of hydrogen-bond donors (Lipinski definition) is 3. The van der Waals surface area contributed by atoms with Crippen LogP contribution in [0.4, 0.5) is 23.1 Å². The van der Waals surface area contributed by atoms with Crippen LogP contribution in [0.3, 0.4) is 0 Å². The Morgan fingerprint density at radius 3 is 2.82 bits per heavy atom. The van der Waals surface area contributed by atoms with E-state index in [1.807, 2.05) is 48.5 Å². The molecule has 2 aromatic carbocycles. The SMILES string of the molecule is CC(=O)Nc1cccc(Nc2nc(NCC3CCCO3)c3ccccc3n2)c1. The fourth-order valence-electron chi connectivity index (χ4n) is 3.29. The first-order valence-electron chi connectivity index (χ1n) is 9.44. The van der Waals surface area contributed by atoms with Gasteiger partial charge in [-0.2, -0.15) is 4.98 Å². The Kier molecular flexibility index (Phi) is 5.34. The molecule has 0 spiro atoms. The lowest BCUT2D eigenvalue weighted by Crippen LogP contribution is -2.19. The van der Waals surface area contributed by atoms with Crippen molar-refractivity contribution in [1.29, 1.82) is 0 Å². The van der Waals surface area contributed by atoms with Gasteiger partial charge in [-0.1, -0.05) is 18.2 Å². The molecule has 0 aliphatic carbocycles. The molecule has 1 aromatic heterocycles. The number of amides is 1. The zero-order valence-corrected chi connectivity index (χ0v) is 15.7. The molecule has 3 N–H and O–H groups in total. The number of nitrogens with zero attached hydrogens (tertiary/aromatic N) is 2. The highest BCUT2D eigenvalue weighted by Gasteiger charge is 2.16. The summed E-state index contributed by atoms with van der Waals surface area (Å²) >= 11 is 0. The van der Waals surface area contributed by atoms with Crippen LogP contribution in [0, 0.1) is 0 Å². The summed E-state index contributed by atoms with van der Waals surface area (Å²) in [6.07, 6.45) is 2.39. The van der Waals surface area contributed by atoms with Crippen LogP contribution in [0.15, 0.2) is 48.5 Å². The van der Waals surface area contributed by atoms with Crippen molar-refractivity contribution in [3.63, 3.8) is 0 Å². The van der Waals surface area contributed by atoms with Gasteiger partial charge in [-0.25, -0.2) is 4.98 Å². The van der Waals surface area contributed by atoms with E-state index in [9.17, 15) is 4.79 Å². The lowest BCUT2D eigenvalue weighted by atomic mass is 10.2.